The molecule has 8 rings (SSSR count). The van der Waals surface area contributed by atoms with E-state index in [0.29, 0.717) is 49.9 Å². The van der Waals surface area contributed by atoms with Crippen LogP contribution in [0.5, 0.6) is 0 Å². The van der Waals surface area contributed by atoms with Crippen molar-refractivity contribution in [2.75, 3.05) is 13.1 Å². The van der Waals surface area contributed by atoms with E-state index in [-0.39, 0.29) is 131 Å². The van der Waals surface area contributed by atoms with Gasteiger partial charge in [-0.3, -0.25) is 19.2 Å². The van der Waals surface area contributed by atoms with Crippen molar-refractivity contribution in [1.82, 2.24) is 10.6 Å². The van der Waals surface area contributed by atoms with Crippen LogP contribution < -0.4 is 10.6 Å². The monoisotopic (exact) mass is 945 g/mol. The highest BCUT2D eigenvalue weighted by molar-refractivity contribution is 5.81. The summed E-state index contributed by atoms with van der Waals surface area (Å²) in [5.74, 6) is 0.873. The van der Waals surface area contributed by atoms with Gasteiger partial charge < -0.3 is 51.5 Å². The van der Waals surface area contributed by atoms with Gasteiger partial charge >= 0.3 is 11.9 Å². The number of hydrogen-bond acceptors (Lipinski definition) is 10. The zero-order valence-electron chi connectivity index (χ0n) is 41.5. The molecule has 0 aliphatic heterocycles. The third-order valence-corrected chi connectivity index (χ3v) is 21.8. The number of aliphatic hydroxyl groups is 6. The lowest BCUT2D eigenvalue weighted by atomic mass is 9.43. The smallest absolute Gasteiger partial charge is 0.322 e. The zero-order valence-corrected chi connectivity index (χ0v) is 41.5. The Morgan fingerprint density at radius 1 is 0.522 bits per heavy atom. The first-order valence-corrected chi connectivity index (χ1v) is 26.5. The first-order chi connectivity index (χ1) is 31.5. The molecule has 0 bridgehead atoms. The Labute approximate surface area is 399 Å². The summed E-state index contributed by atoms with van der Waals surface area (Å²) in [7, 11) is 0. The van der Waals surface area contributed by atoms with E-state index in [9.17, 15) is 49.8 Å². The molecule has 67 heavy (non-hydrogen) atoms. The molecule has 0 spiro atoms. The van der Waals surface area contributed by atoms with Crippen LogP contribution in [0.2, 0.25) is 0 Å². The maximum Gasteiger partial charge on any atom is 0.322 e. The number of aliphatic carboxylic acids is 2. The first kappa shape index (κ1) is 52.5. The molecule has 8 aliphatic carbocycles. The van der Waals surface area contributed by atoms with Gasteiger partial charge in [0.2, 0.25) is 11.8 Å². The molecule has 0 aromatic heterocycles. The lowest BCUT2D eigenvalue weighted by Crippen LogP contribution is -2.62. The summed E-state index contributed by atoms with van der Waals surface area (Å²) in [6.45, 7) is 13.3. The van der Waals surface area contributed by atoms with Gasteiger partial charge in [-0.1, -0.05) is 41.5 Å². The van der Waals surface area contributed by atoms with Gasteiger partial charge in [0.05, 0.1) is 43.0 Å². The number of rotatable bonds is 13. The van der Waals surface area contributed by atoms with Crippen LogP contribution in [0.1, 0.15) is 164 Å². The van der Waals surface area contributed by atoms with Gasteiger partial charge in [0.25, 0.3) is 0 Å². The van der Waals surface area contributed by atoms with Gasteiger partial charge in [-0.05, 0) is 195 Å². The van der Waals surface area contributed by atoms with Crippen molar-refractivity contribution in [2.45, 2.75) is 200 Å². The Morgan fingerprint density at radius 2 is 0.940 bits per heavy atom. The Bertz CT molecular complexity index is 1780. The summed E-state index contributed by atoms with van der Waals surface area (Å²) in [5, 5.41) is 89.0. The molecule has 8 aliphatic rings. The molecule has 0 aromatic carbocycles. The highest BCUT2D eigenvalue weighted by Crippen LogP contribution is 2.70. The van der Waals surface area contributed by atoms with Gasteiger partial charge in [-0.2, -0.15) is 0 Å². The largest absolute Gasteiger partial charge is 0.481 e. The predicted octanol–water partition coefficient (Wildman–Crippen LogP) is 5.52. The second-order valence-electron chi connectivity index (χ2n) is 24.7. The second-order valence-corrected chi connectivity index (χ2v) is 24.7. The second kappa shape index (κ2) is 20.4. The molecule has 2 amide bonds. The molecule has 0 heterocycles. The summed E-state index contributed by atoms with van der Waals surface area (Å²) in [4.78, 5) is 45.6. The maximum atomic E-state index is 12.2. The molecule has 0 saturated heterocycles. The molecule has 10 N–H and O–H groups in total. The van der Waals surface area contributed by atoms with Gasteiger partial charge in [-0.15, -0.1) is 0 Å². The number of carboxylic acids is 2. The van der Waals surface area contributed by atoms with Gasteiger partial charge in [0.15, 0.2) is 0 Å². The van der Waals surface area contributed by atoms with E-state index < -0.39 is 24.1 Å². The van der Waals surface area contributed by atoms with E-state index in [4.69, 9.17) is 10.2 Å². The Kier molecular flexibility index (Phi) is 16.0. The minimum Gasteiger partial charge on any atom is -0.481 e. The molecule has 382 valence electrons. The van der Waals surface area contributed by atoms with Crippen molar-refractivity contribution in [2.24, 2.45) is 92.7 Å². The SMILES string of the molecule is C[C@H](CCC(=O)NCC(=O)O)[C@H]1CC[C@H]2[C@@H]3[C@H](O)C[C@@H]4C[C@H](O)CC[C@]4(C)[C@H]3C[C@H](O)[C@]12C.C[C@H](CCC(=O)NCCC(=O)O)[C@H]1CC[C@H]2[C@@H]3[C@H](O)C[C@@H]4C[C@H](O)CC[C@]4(C)[C@H]3C[C@H](O)[C@]12C. The van der Waals surface area contributed by atoms with Gasteiger partial charge in [-0.25, -0.2) is 0 Å². The molecule has 0 unspecified atom stereocenters. The van der Waals surface area contributed by atoms with Crippen LogP contribution in [-0.4, -0.2) is 114 Å². The van der Waals surface area contributed by atoms with Crippen molar-refractivity contribution >= 4 is 23.8 Å². The quantitative estimate of drug-likeness (QED) is 0.110. The van der Waals surface area contributed by atoms with E-state index >= 15 is 0 Å². The molecule has 14 heteroatoms. The standard InChI is InChI=1S/C27H45NO6.C26H43NO6/c1-15(4-7-23(32)28-11-9-24(33)34)18-5-6-19-25-20(14-22(31)27(18,19)3)26(2)10-8-17(29)12-16(26)13-21(25)30;1-14(4-7-22(31)27-13-23(32)33)17-5-6-18-24-19(12-21(30)26(17,18)3)25(2)9-8-16(28)10-15(25)11-20(24)29/h15-22,25,29-31H,4-14H2,1-3H3,(H,28,32)(H,33,34);14-21,24,28-30H,4-13H2,1-3H3,(H,27,31)(H,32,33)/t15-,16+,17-,18-,19+,20+,21-,22+,25+,26+,27-;14-,15+,16-,17-,18+,19+,20-,21+,24+,25+,26-/m11/s1. The molecule has 22 atom stereocenters. The lowest BCUT2D eigenvalue weighted by molar-refractivity contribution is -0.207. The summed E-state index contributed by atoms with van der Waals surface area (Å²) < 4.78 is 0. The summed E-state index contributed by atoms with van der Waals surface area (Å²) in [6.07, 6.45) is 11.9. The van der Waals surface area contributed by atoms with Crippen molar-refractivity contribution in [1.29, 1.82) is 0 Å². The fraction of sp³-hybridized carbons (Fsp3) is 0.925. The molecule has 8 fully saturated rings. The summed E-state index contributed by atoms with van der Waals surface area (Å²) in [5.41, 5.74) is -0.407. The fourth-order valence-electron chi connectivity index (χ4n) is 18.0. The highest BCUT2D eigenvalue weighted by atomic mass is 16.4. The number of aliphatic hydroxyl groups excluding tert-OH is 6. The maximum absolute atomic E-state index is 12.2. The van der Waals surface area contributed by atoms with E-state index in [2.05, 4.69) is 52.2 Å². The first-order valence-electron chi connectivity index (χ1n) is 26.5. The topological polar surface area (TPSA) is 254 Å². The van der Waals surface area contributed by atoms with Crippen LogP contribution in [0.3, 0.4) is 0 Å². The minimum atomic E-state index is -1.04. The van der Waals surface area contributed by atoms with Crippen LogP contribution in [0, 0.1) is 92.7 Å². The Balaban J connectivity index is 0.000000199. The average molecular weight is 945 g/mol. The predicted molar refractivity (Wildman–Crippen MR) is 251 cm³/mol. The molecular weight excluding hydrogens is 857 g/mol. The summed E-state index contributed by atoms with van der Waals surface area (Å²) in [6, 6.07) is 0. The van der Waals surface area contributed by atoms with Gasteiger partial charge in [0.1, 0.15) is 6.54 Å². The number of carbonyl (C=O) groups excluding carboxylic acids is 2. The molecule has 0 radical (unpaired) electrons. The zero-order chi connectivity index (χ0) is 49.0. The van der Waals surface area contributed by atoms with Crippen LogP contribution in [0.4, 0.5) is 0 Å². The fourth-order valence-corrected chi connectivity index (χ4v) is 18.0. The number of nitrogens with one attached hydrogen (secondary N) is 2. The van der Waals surface area contributed by atoms with E-state index in [0.717, 1.165) is 83.5 Å². The van der Waals surface area contributed by atoms with Crippen molar-refractivity contribution in [3.05, 3.63) is 0 Å². The lowest BCUT2D eigenvalue weighted by Gasteiger charge is -2.63. The number of carboxylic acid groups (broad SMARTS) is 2. The van der Waals surface area contributed by atoms with Crippen LogP contribution in [-0.2, 0) is 19.2 Å². The third-order valence-electron chi connectivity index (χ3n) is 21.8. The van der Waals surface area contributed by atoms with Crippen LogP contribution in [0.25, 0.3) is 0 Å². The Hall–Kier alpha value is -2.36. The molecule has 0 aromatic rings. The average Bonchev–Trinajstić information content (AvgIpc) is 3.81. The van der Waals surface area contributed by atoms with Crippen molar-refractivity contribution in [3.8, 4) is 0 Å². The number of amides is 2. The van der Waals surface area contributed by atoms with E-state index in [1.54, 1.807) is 0 Å². The van der Waals surface area contributed by atoms with Crippen molar-refractivity contribution in [3.63, 3.8) is 0 Å². The molecule has 8 saturated carbocycles. The van der Waals surface area contributed by atoms with Crippen LogP contribution in [0.15, 0.2) is 0 Å². The van der Waals surface area contributed by atoms with Gasteiger partial charge in [0, 0.05) is 19.4 Å². The Morgan fingerprint density at radius 3 is 1.34 bits per heavy atom. The number of carbonyl (C=O) groups is 4. The van der Waals surface area contributed by atoms with E-state index in [1.807, 2.05) is 0 Å². The number of hydrogen-bond donors (Lipinski definition) is 10. The highest BCUT2D eigenvalue weighted by Gasteiger charge is 2.67. The molecular formula is C53H88N2O12. The normalized spacial score (nSPS) is 47.2. The third kappa shape index (κ3) is 9.85. The molecule has 14 nitrogen and oxygen atoms in total. The van der Waals surface area contributed by atoms with E-state index in [1.165, 1.54) is 0 Å². The van der Waals surface area contributed by atoms with Crippen LogP contribution >= 0.6 is 0 Å². The van der Waals surface area contributed by atoms with Crippen molar-refractivity contribution < 1.29 is 60.0 Å². The number of fused-ring (bicyclic) bond motifs is 10. The summed E-state index contributed by atoms with van der Waals surface area (Å²) >= 11 is 0. The minimum absolute atomic E-state index is 0.0668.